The Balaban J connectivity index is 0.000000452. The molecule has 0 unspecified atom stereocenters. The second-order valence-corrected chi connectivity index (χ2v) is 8.55. The van der Waals surface area contributed by atoms with Gasteiger partial charge in [0.1, 0.15) is 0 Å². The first-order valence-electron chi connectivity index (χ1n) is 6.86. The van der Waals surface area contributed by atoms with Crippen LogP contribution in [0.25, 0.3) is 11.1 Å². The van der Waals surface area contributed by atoms with Gasteiger partial charge < -0.3 is 0 Å². The number of halogens is 2. The molecule has 3 heteroatoms. The van der Waals surface area contributed by atoms with Crippen molar-refractivity contribution >= 4 is 17.0 Å². The Morgan fingerprint density at radius 1 is 1.05 bits per heavy atom. The third kappa shape index (κ3) is 3.56. The van der Waals surface area contributed by atoms with Crippen molar-refractivity contribution in [2.45, 2.75) is 33.1 Å². The maximum atomic E-state index is 4.93. The van der Waals surface area contributed by atoms with Crippen molar-refractivity contribution in [2.24, 2.45) is 0 Å². The van der Waals surface area contributed by atoms with E-state index in [2.05, 4.69) is 50.2 Å². The van der Waals surface area contributed by atoms with Gasteiger partial charge >= 0.3 is 37.9 Å². The third-order valence-corrected chi connectivity index (χ3v) is 3.70. The molecule has 0 amide bonds. The van der Waals surface area contributed by atoms with Crippen molar-refractivity contribution in [1.82, 2.24) is 0 Å². The number of hydrogen-bond acceptors (Lipinski definition) is 0. The second kappa shape index (κ2) is 7.78. The summed E-state index contributed by atoms with van der Waals surface area (Å²) in [5.41, 5.74) is 8.42. The summed E-state index contributed by atoms with van der Waals surface area (Å²) in [5.74, 6) is 0. The summed E-state index contributed by atoms with van der Waals surface area (Å²) in [7, 11) is 9.87. The molecule has 0 nitrogen and oxygen atoms in total. The van der Waals surface area contributed by atoms with E-state index in [0.29, 0.717) is 0 Å². The molecule has 0 N–H and O–H groups in total. The van der Waals surface area contributed by atoms with E-state index in [1.807, 2.05) is 0 Å². The normalized spacial score (nSPS) is 11.2. The molecule has 0 fully saturated rings. The summed E-state index contributed by atoms with van der Waals surface area (Å²) < 4.78 is 0. The predicted octanol–water partition coefficient (Wildman–Crippen LogP) is 5.56. The van der Waals surface area contributed by atoms with Gasteiger partial charge in [0.2, 0.25) is 0 Å². The fraction of sp³-hybridized carbons (Fsp3) is 0.294. The Morgan fingerprint density at radius 3 is 2.40 bits per heavy atom. The molecule has 1 aliphatic carbocycles. The van der Waals surface area contributed by atoms with E-state index in [-0.39, 0.29) is 0 Å². The molecule has 1 aliphatic rings. The molecular weight excluding hydrogens is 366 g/mol. The first kappa shape index (κ1) is 16.3. The van der Waals surface area contributed by atoms with Crippen molar-refractivity contribution in [3.8, 4) is 11.1 Å². The molecule has 0 aliphatic heterocycles. The summed E-state index contributed by atoms with van der Waals surface area (Å²) in [5, 5.41) is 0. The van der Waals surface area contributed by atoms with E-state index in [4.69, 9.17) is 17.0 Å². The van der Waals surface area contributed by atoms with E-state index in [9.17, 15) is 0 Å². The van der Waals surface area contributed by atoms with E-state index in [1.54, 1.807) is 0 Å². The quantitative estimate of drug-likeness (QED) is 0.508. The number of aryl methyl sites for hydroxylation is 2. The molecule has 0 saturated carbocycles. The second-order valence-electron chi connectivity index (χ2n) is 4.82. The van der Waals surface area contributed by atoms with Crippen LogP contribution in [-0.4, -0.2) is 0 Å². The monoisotopic (exact) mass is 381 g/mol. The fourth-order valence-corrected chi connectivity index (χ4v) is 2.65. The van der Waals surface area contributed by atoms with Crippen LogP contribution < -0.4 is 0 Å². The van der Waals surface area contributed by atoms with Crippen molar-refractivity contribution in [3.63, 3.8) is 0 Å². The van der Waals surface area contributed by atoms with E-state index in [0.717, 1.165) is 19.3 Å². The molecule has 0 spiro atoms. The fourth-order valence-electron chi connectivity index (χ4n) is 2.65. The van der Waals surface area contributed by atoms with Crippen molar-refractivity contribution in [2.75, 3.05) is 0 Å². The summed E-state index contributed by atoms with van der Waals surface area (Å²) in [4.78, 5) is 0. The van der Waals surface area contributed by atoms with Gasteiger partial charge in [0.25, 0.3) is 0 Å². The van der Waals surface area contributed by atoms with E-state index in [1.165, 1.54) is 33.4 Å². The zero-order valence-electron chi connectivity index (χ0n) is 11.8. The Kier molecular flexibility index (Phi) is 6.33. The predicted molar refractivity (Wildman–Crippen MR) is 84.0 cm³/mol. The average molecular weight is 383 g/mol. The van der Waals surface area contributed by atoms with Gasteiger partial charge in [0.15, 0.2) is 0 Å². The molecule has 20 heavy (non-hydrogen) atoms. The van der Waals surface area contributed by atoms with Crippen LogP contribution >= 0.6 is 17.0 Å². The van der Waals surface area contributed by atoms with Crippen LogP contribution in [0.3, 0.4) is 0 Å². The number of fused-ring (bicyclic) bond motifs is 3. The topological polar surface area (TPSA) is 0 Å². The van der Waals surface area contributed by atoms with Gasteiger partial charge in [-0.2, -0.15) is 23.8 Å². The van der Waals surface area contributed by atoms with Gasteiger partial charge in [-0.05, 0) is 24.0 Å². The summed E-state index contributed by atoms with van der Waals surface area (Å²) in [6.07, 6.45) is 3.25. The minimum atomic E-state index is -0.826. The Labute approximate surface area is 140 Å². The molecule has 0 saturated heterocycles. The molecule has 2 aromatic rings. The molecule has 0 radical (unpaired) electrons. The van der Waals surface area contributed by atoms with E-state index < -0.39 is 20.8 Å². The molecule has 2 aromatic carbocycles. The van der Waals surface area contributed by atoms with Gasteiger partial charge in [-0.15, -0.1) is 11.1 Å². The summed E-state index contributed by atoms with van der Waals surface area (Å²) in [6, 6.07) is 14.9. The summed E-state index contributed by atoms with van der Waals surface area (Å²) >= 11 is -0.826. The van der Waals surface area contributed by atoms with Crippen LogP contribution in [-0.2, 0) is 40.1 Å². The van der Waals surface area contributed by atoms with Crippen LogP contribution in [0.4, 0.5) is 0 Å². The first-order valence-corrected chi connectivity index (χ1v) is 13.2. The molecular formula is C17H17Cl2Zr-. The third-order valence-electron chi connectivity index (χ3n) is 3.70. The number of hydrogen-bond donors (Lipinski definition) is 0. The van der Waals surface area contributed by atoms with Crippen LogP contribution in [0.1, 0.15) is 36.1 Å². The van der Waals surface area contributed by atoms with Gasteiger partial charge in [-0.3, -0.25) is 0 Å². The first-order chi connectivity index (χ1) is 9.73. The Hall–Kier alpha value is -0.0969. The molecule has 0 atom stereocenters. The van der Waals surface area contributed by atoms with Crippen LogP contribution in [0.5, 0.6) is 0 Å². The SMILES string of the molecule is CCc1[c-]c2c(cc1)-c1ccc(CC)cc1C2.[Cl][Zr][Cl]. The Morgan fingerprint density at radius 2 is 1.75 bits per heavy atom. The Bertz CT molecular complexity index is 542. The van der Waals surface area contributed by atoms with Crippen LogP contribution in [0.15, 0.2) is 30.3 Å². The van der Waals surface area contributed by atoms with Crippen LogP contribution in [0, 0.1) is 6.07 Å². The molecule has 3 rings (SSSR count). The summed E-state index contributed by atoms with van der Waals surface area (Å²) in [6.45, 7) is 4.40. The number of rotatable bonds is 2. The van der Waals surface area contributed by atoms with Crippen molar-refractivity contribution in [1.29, 1.82) is 0 Å². The zero-order valence-corrected chi connectivity index (χ0v) is 15.7. The van der Waals surface area contributed by atoms with Crippen molar-refractivity contribution < 1.29 is 20.8 Å². The van der Waals surface area contributed by atoms with Crippen LogP contribution in [0.2, 0.25) is 0 Å². The van der Waals surface area contributed by atoms with Crippen molar-refractivity contribution in [3.05, 3.63) is 58.7 Å². The standard InChI is InChI=1S/C17H17.2ClH.Zr/c1-3-12-5-7-16-14(9-12)11-15-10-13(4-2)6-8-17(15)16;;;/h5-9H,3-4,11H2,1-2H3;2*1H;/q-1;;;+2/p-2. The number of benzene rings is 2. The van der Waals surface area contributed by atoms with Gasteiger partial charge in [0, 0.05) is 0 Å². The van der Waals surface area contributed by atoms with Gasteiger partial charge in [-0.1, -0.05) is 44.0 Å². The van der Waals surface area contributed by atoms with Gasteiger partial charge in [-0.25, -0.2) is 0 Å². The maximum absolute atomic E-state index is 4.93. The molecule has 0 heterocycles. The molecule has 0 aromatic heterocycles. The van der Waals surface area contributed by atoms with Gasteiger partial charge in [0.05, 0.1) is 0 Å². The molecule has 104 valence electrons. The average Bonchev–Trinajstić information content (AvgIpc) is 2.84. The minimum absolute atomic E-state index is 0.826. The van der Waals surface area contributed by atoms with E-state index >= 15 is 0 Å². The zero-order chi connectivity index (χ0) is 14.5. The molecule has 0 bridgehead atoms.